The molecule has 0 saturated carbocycles. The molecule has 0 fully saturated rings. The molecule has 0 aromatic heterocycles. The molecular formula is C8H10ClO3P. The first-order valence-electron chi connectivity index (χ1n) is 3.68. The minimum absolute atomic E-state index is 0.348. The summed E-state index contributed by atoms with van der Waals surface area (Å²) < 4.78 is 15.4. The molecule has 72 valence electrons. The molecule has 1 N–H and O–H groups in total. The maximum absolute atomic E-state index is 10.7. The van der Waals surface area contributed by atoms with E-state index in [0.29, 0.717) is 5.75 Å². The van der Waals surface area contributed by atoms with E-state index in [9.17, 15) is 4.57 Å². The number of hydrogen-bond donors (Lipinski definition) is 1. The smallest absolute Gasteiger partial charge is 0.413 e. The highest BCUT2D eigenvalue weighted by Gasteiger charge is 2.17. The van der Waals surface area contributed by atoms with Crippen LogP contribution >= 0.6 is 18.2 Å². The molecule has 0 spiro atoms. The lowest BCUT2D eigenvalue weighted by Crippen LogP contribution is -1.90. The van der Waals surface area contributed by atoms with Gasteiger partial charge in [-0.2, -0.15) is 0 Å². The third-order valence-electron chi connectivity index (χ3n) is 1.77. The van der Waals surface area contributed by atoms with Crippen LogP contribution < -0.4 is 4.52 Å². The van der Waals surface area contributed by atoms with Crippen molar-refractivity contribution in [3.8, 4) is 5.75 Å². The van der Waals surface area contributed by atoms with Gasteiger partial charge < -0.3 is 9.42 Å². The summed E-state index contributed by atoms with van der Waals surface area (Å²) in [6.07, 6.45) is 0. The van der Waals surface area contributed by atoms with Crippen molar-refractivity contribution >= 4 is 18.2 Å². The van der Waals surface area contributed by atoms with Crippen molar-refractivity contribution in [3.05, 3.63) is 29.3 Å². The van der Waals surface area contributed by atoms with Gasteiger partial charge in [0.05, 0.1) is 0 Å². The first-order chi connectivity index (χ1) is 5.90. The zero-order valence-corrected chi connectivity index (χ0v) is 8.97. The highest BCUT2D eigenvalue weighted by Crippen LogP contribution is 2.48. The summed E-state index contributed by atoms with van der Waals surface area (Å²) in [4.78, 5) is 8.79. The van der Waals surface area contributed by atoms with E-state index in [-0.39, 0.29) is 0 Å². The molecular weight excluding hydrogens is 211 g/mol. The van der Waals surface area contributed by atoms with E-state index in [2.05, 4.69) is 4.52 Å². The number of hydrogen-bond acceptors (Lipinski definition) is 2. The first kappa shape index (κ1) is 10.6. The Balaban J connectivity index is 3.03. The van der Waals surface area contributed by atoms with Crippen LogP contribution in [0.3, 0.4) is 0 Å². The summed E-state index contributed by atoms with van der Waals surface area (Å²) in [7, 11) is 0. The van der Waals surface area contributed by atoms with E-state index in [1.807, 2.05) is 13.0 Å². The monoisotopic (exact) mass is 220 g/mol. The molecule has 0 aliphatic heterocycles. The molecule has 1 aromatic rings. The summed E-state index contributed by atoms with van der Waals surface area (Å²) in [5.74, 6) is 0.348. The molecule has 1 atom stereocenters. The third kappa shape index (κ3) is 3.03. The van der Waals surface area contributed by atoms with E-state index in [1.165, 1.54) is 0 Å². The van der Waals surface area contributed by atoms with Crippen LogP contribution in [0.4, 0.5) is 0 Å². The Hall–Kier alpha value is -0.500. The van der Waals surface area contributed by atoms with Crippen molar-refractivity contribution < 1.29 is 14.0 Å². The zero-order chi connectivity index (χ0) is 10.1. The topological polar surface area (TPSA) is 46.5 Å². The van der Waals surface area contributed by atoms with Crippen molar-refractivity contribution in [3.63, 3.8) is 0 Å². The maximum Gasteiger partial charge on any atom is 0.474 e. The van der Waals surface area contributed by atoms with Gasteiger partial charge in [0.15, 0.2) is 0 Å². The Morgan fingerprint density at radius 2 is 2.08 bits per heavy atom. The lowest BCUT2D eigenvalue weighted by atomic mass is 10.1. The fourth-order valence-electron chi connectivity index (χ4n) is 0.944. The number of rotatable bonds is 2. The van der Waals surface area contributed by atoms with Gasteiger partial charge in [0.25, 0.3) is 0 Å². The lowest BCUT2D eigenvalue weighted by Gasteiger charge is -2.10. The first-order valence-corrected chi connectivity index (χ1v) is 6.16. The number of aryl methyl sites for hydroxylation is 1. The summed E-state index contributed by atoms with van der Waals surface area (Å²) >= 11 is 5.08. The van der Waals surface area contributed by atoms with Crippen LogP contribution in [-0.4, -0.2) is 4.89 Å². The second-order valence-corrected chi connectivity index (χ2v) is 5.11. The van der Waals surface area contributed by atoms with Crippen molar-refractivity contribution in [1.82, 2.24) is 0 Å². The molecule has 1 aromatic carbocycles. The Labute approximate surface area is 81.6 Å². The van der Waals surface area contributed by atoms with Gasteiger partial charge in [0.2, 0.25) is 0 Å². The fraction of sp³-hybridized carbons (Fsp3) is 0.250. The second-order valence-electron chi connectivity index (χ2n) is 2.74. The molecule has 3 nitrogen and oxygen atoms in total. The quantitative estimate of drug-likeness (QED) is 0.780. The normalized spacial score (nSPS) is 15.1. The van der Waals surface area contributed by atoms with Gasteiger partial charge in [-0.05, 0) is 31.0 Å². The maximum atomic E-state index is 10.7. The van der Waals surface area contributed by atoms with Crippen LogP contribution in [0, 0.1) is 13.8 Å². The van der Waals surface area contributed by atoms with Crippen molar-refractivity contribution in [2.24, 2.45) is 0 Å². The van der Waals surface area contributed by atoms with Gasteiger partial charge in [-0.3, -0.25) is 0 Å². The Morgan fingerprint density at radius 3 is 2.62 bits per heavy atom. The van der Waals surface area contributed by atoms with Crippen LogP contribution in [0.2, 0.25) is 0 Å². The lowest BCUT2D eigenvalue weighted by molar-refractivity contribution is 0.399. The van der Waals surface area contributed by atoms with Gasteiger partial charge in [-0.1, -0.05) is 12.1 Å². The second kappa shape index (κ2) is 3.70. The van der Waals surface area contributed by atoms with Gasteiger partial charge in [-0.25, -0.2) is 4.57 Å². The highest BCUT2D eigenvalue weighted by atomic mass is 35.7. The van der Waals surface area contributed by atoms with Crippen molar-refractivity contribution in [2.75, 3.05) is 0 Å². The van der Waals surface area contributed by atoms with E-state index >= 15 is 0 Å². The molecule has 1 unspecified atom stereocenters. The van der Waals surface area contributed by atoms with Crippen molar-refractivity contribution in [2.45, 2.75) is 13.8 Å². The molecule has 0 bridgehead atoms. The summed E-state index contributed by atoms with van der Waals surface area (Å²) in [6, 6.07) is 5.23. The molecule has 13 heavy (non-hydrogen) atoms. The van der Waals surface area contributed by atoms with Crippen LogP contribution in [0.5, 0.6) is 5.75 Å². The van der Waals surface area contributed by atoms with Crippen LogP contribution in [-0.2, 0) is 4.57 Å². The average molecular weight is 221 g/mol. The van der Waals surface area contributed by atoms with Gasteiger partial charge in [0.1, 0.15) is 5.75 Å². The Kier molecular flexibility index (Phi) is 3.01. The number of halogens is 1. The average Bonchev–Trinajstić information content (AvgIpc) is 1.96. The van der Waals surface area contributed by atoms with Crippen LogP contribution in [0.15, 0.2) is 18.2 Å². The largest absolute Gasteiger partial charge is 0.474 e. The number of benzene rings is 1. The van der Waals surface area contributed by atoms with Gasteiger partial charge >= 0.3 is 6.95 Å². The van der Waals surface area contributed by atoms with E-state index in [4.69, 9.17) is 16.1 Å². The summed E-state index contributed by atoms with van der Waals surface area (Å²) in [5, 5.41) is 0. The fourth-order valence-corrected chi connectivity index (χ4v) is 1.61. The Bertz CT molecular complexity index is 358. The summed E-state index contributed by atoms with van der Waals surface area (Å²) in [6.45, 7) is -0.272. The minimum atomic E-state index is -3.96. The molecule has 0 aliphatic carbocycles. The molecule has 0 amide bonds. The van der Waals surface area contributed by atoms with Gasteiger partial charge in [0, 0.05) is 11.2 Å². The molecule has 0 saturated heterocycles. The predicted molar refractivity (Wildman–Crippen MR) is 52.2 cm³/mol. The van der Waals surface area contributed by atoms with Crippen molar-refractivity contribution in [1.29, 1.82) is 0 Å². The summed E-state index contributed by atoms with van der Waals surface area (Å²) in [5.41, 5.74) is 1.81. The molecule has 5 heteroatoms. The highest BCUT2D eigenvalue weighted by molar-refractivity contribution is 7.80. The van der Waals surface area contributed by atoms with Gasteiger partial charge in [-0.15, -0.1) is 0 Å². The third-order valence-corrected chi connectivity index (χ3v) is 2.39. The zero-order valence-electron chi connectivity index (χ0n) is 7.32. The molecule has 1 rings (SSSR count). The van der Waals surface area contributed by atoms with Crippen LogP contribution in [0.1, 0.15) is 11.1 Å². The van der Waals surface area contributed by atoms with Crippen LogP contribution in [0.25, 0.3) is 0 Å². The minimum Gasteiger partial charge on any atom is -0.413 e. The molecule has 0 radical (unpaired) electrons. The van der Waals surface area contributed by atoms with E-state index in [0.717, 1.165) is 11.1 Å². The SMILES string of the molecule is Cc1cccc(OP(=O)(O)Cl)c1C. The van der Waals surface area contributed by atoms with E-state index in [1.54, 1.807) is 19.1 Å². The Morgan fingerprint density at radius 1 is 1.46 bits per heavy atom. The molecule has 0 aliphatic rings. The predicted octanol–water partition coefficient (Wildman–Crippen LogP) is 3.02. The standard InChI is InChI=1S/C8H10ClO3P/c1-6-4-3-5-8(7(6)2)12-13(9,10)11/h3-5H,1-2H3,(H,10,11). The molecule has 0 heterocycles. The van der Waals surface area contributed by atoms with E-state index < -0.39 is 6.95 Å².